The molecule has 0 atom stereocenters. The van der Waals surface area contributed by atoms with Crippen molar-refractivity contribution in [2.75, 3.05) is 25.1 Å². The zero-order chi connectivity index (χ0) is 13.9. The van der Waals surface area contributed by atoms with E-state index in [9.17, 15) is 4.79 Å². The Morgan fingerprint density at radius 3 is 2.74 bits per heavy atom. The van der Waals surface area contributed by atoms with Crippen molar-refractivity contribution in [1.29, 1.82) is 0 Å². The Bertz CT molecular complexity index is 470. The number of carbonyl (C=O) groups is 1. The van der Waals surface area contributed by atoms with Crippen LogP contribution >= 0.6 is 15.9 Å². The van der Waals surface area contributed by atoms with Crippen LogP contribution in [0.5, 0.6) is 0 Å². The lowest BCUT2D eigenvalue weighted by atomic mass is 9.82. The third-order valence-corrected chi connectivity index (χ3v) is 4.27. The first kappa shape index (κ1) is 14.3. The topological polar surface area (TPSA) is 58.6 Å². The van der Waals surface area contributed by atoms with Crippen molar-refractivity contribution in [3.63, 3.8) is 0 Å². The molecule has 1 heterocycles. The molecule has 0 bridgehead atoms. The highest BCUT2D eigenvalue weighted by atomic mass is 79.9. The van der Waals surface area contributed by atoms with Crippen LogP contribution in [0.2, 0.25) is 0 Å². The maximum atomic E-state index is 10.9. The van der Waals surface area contributed by atoms with Crippen molar-refractivity contribution in [3.05, 3.63) is 28.2 Å². The Balaban J connectivity index is 2.00. The Morgan fingerprint density at radius 1 is 1.47 bits per heavy atom. The lowest BCUT2D eigenvalue weighted by Crippen LogP contribution is -2.33. The molecule has 0 unspecified atom stereocenters. The standard InChI is InChI=1S/C14H18BrNO3/c1-14(4-6-19-7-5-14)9-16-10-2-3-11(13(17)18)12(15)8-10/h2-3,8,16H,4-7,9H2,1H3,(H,17,18). The van der Waals surface area contributed by atoms with Crippen LogP contribution in [-0.2, 0) is 4.74 Å². The number of halogens is 1. The zero-order valence-corrected chi connectivity index (χ0v) is 12.5. The smallest absolute Gasteiger partial charge is 0.336 e. The molecule has 104 valence electrons. The molecular formula is C14H18BrNO3. The third-order valence-electron chi connectivity index (χ3n) is 3.62. The molecule has 4 nitrogen and oxygen atoms in total. The second-order valence-corrected chi connectivity index (χ2v) is 6.13. The normalized spacial score (nSPS) is 18.0. The molecule has 0 aliphatic carbocycles. The first-order chi connectivity index (χ1) is 9.00. The van der Waals surface area contributed by atoms with E-state index in [2.05, 4.69) is 28.2 Å². The Labute approximate surface area is 121 Å². The van der Waals surface area contributed by atoms with Gasteiger partial charge in [0.25, 0.3) is 0 Å². The van der Waals surface area contributed by atoms with Crippen LogP contribution < -0.4 is 5.32 Å². The highest BCUT2D eigenvalue weighted by Crippen LogP contribution is 2.30. The van der Waals surface area contributed by atoms with Crippen molar-refractivity contribution in [2.45, 2.75) is 19.8 Å². The van der Waals surface area contributed by atoms with Crippen LogP contribution in [0.25, 0.3) is 0 Å². The predicted octanol–water partition coefficient (Wildman–Crippen LogP) is 3.38. The molecule has 2 rings (SSSR count). The number of rotatable bonds is 4. The van der Waals surface area contributed by atoms with Crippen molar-refractivity contribution in [3.8, 4) is 0 Å². The molecule has 0 saturated carbocycles. The molecule has 19 heavy (non-hydrogen) atoms. The summed E-state index contributed by atoms with van der Waals surface area (Å²) in [5, 5.41) is 12.4. The van der Waals surface area contributed by atoms with Crippen LogP contribution in [0.15, 0.2) is 22.7 Å². The number of ether oxygens (including phenoxy) is 1. The summed E-state index contributed by atoms with van der Waals surface area (Å²) >= 11 is 3.29. The van der Waals surface area contributed by atoms with Crippen molar-refractivity contribution in [2.24, 2.45) is 5.41 Å². The molecule has 1 fully saturated rings. The summed E-state index contributed by atoms with van der Waals surface area (Å²) in [6.07, 6.45) is 2.10. The molecule has 1 aromatic carbocycles. The van der Waals surface area contributed by atoms with Crippen LogP contribution in [-0.4, -0.2) is 30.8 Å². The van der Waals surface area contributed by atoms with Crippen molar-refractivity contribution >= 4 is 27.6 Å². The molecule has 0 radical (unpaired) electrons. The summed E-state index contributed by atoms with van der Waals surface area (Å²) in [4.78, 5) is 10.9. The molecule has 1 aliphatic rings. The van der Waals surface area contributed by atoms with Gasteiger partial charge in [0, 0.05) is 29.9 Å². The predicted molar refractivity (Wildman–Crippen MR) is 77.8 cm³/mol. The van der Waals surface area contributed by atoms with Gasteiger partial charge in [0.2, 0.25) is 0 Å². The average Bonchev–Trinajstić information content (AvgIpc) is 2.37. The van der Waals surface area contributed by atoms with Crippen molar-refractivity contribution < 1.29 is 14.6 Å². The molecule has 1 aromatic rings. The first-order valence-corrected chi connectivity index (χ1v) is 7.14. The second kappa shape index (κ2) is 5.92. The summed E-state index contributed by atoms with van der Waals surface area (Å²) in [6, 6.07) is 5.23. The van der Waals surface area contributed by atoms with Gasteiger partial charge < -0.3 is 15.2 Å². The van der Waals surface area contributed by atoms with Gasteiger partial charge in [-0.25, -0.2) is 4.79 Å². The van der Waals surface area contributed by atoms with E-state index in [0.717, 1.165) is 38.3 Å². The Kier molecular flexibility index (Phi) is 4.47. The highest BCUT2D eigenvalue weighted by Gasteiger charge is 2.27. The first-order valence-electron chi connectivity index (χ1n) is 6.35. The minimum atomic E-state index is -0.921. The number of aromatic carboxylic acids is 1. The van der Waals surface area contributed by atoms with Crippen molar-refractivity contribution in [1.82, 2.24) is 0 Å². The number of benzene rings is 1. The molecular weight excluding hydrogens is 310 g/mol. The van der Waals surface area contributed by atoms with E-state index in [1.165, 1.54) is 0 Å². The summed E-state index contributed by atoms with van der Waals surface area (Å²) in [6.45, 7) is 4.76. The van der Waals surface area contributed by atoms with E-state index in [1.807, 2.05) is 6.07 Å². The molecule has 5 heteroatoms. The van der Waals surface area contributed by atoms with Crippen LogP contribution in [0.4, 0.5) is 5.69 Å². The van der Waals surface area contributed by atoms with Gasteiger partial charge in [0.05, 0.1) is 5.56 Å². The van der Waals surface area contributed by atoms with E-state index in [1.54, 1.807) is 12.1 Å². The van der Waals surface area contributed by atoms with Gasteiger partial charge in [-0.2, -0.15) is 0 Å². The molecule has 2 N–H and O–H groups in total. The third kappa shape index (κ3) is 3.70. The van der Waals surface area contributed by atoms with E-state index in [0.29, 0.717) is 4.47 Å². The van der Waals surface area contributed by atoms with Gasteiger partial charge in [-0.3, -0.25) is 0 Å². The second-order valence-electron chi connectivity index (χ2n) is 5.28. The number of nitrogens with one attached hydrogen (secondary N) is 1. The summed E-state index contributed by atoms with van der Waals surface area (Å²) in [5.74, 6) is -0.921. The molecule has 0 spiro atoms. The highest BCUT2D eigenvalue weighted by molar-refractivity contribution is 9.10. The lowest BCUT2D eigenvalue weighted by molar-refractivity contribution is 0.0300. The number of hydrogen-bond donors (Lipinski definition) is 2. The number of anilines is 1. The number of carboxylic acid groups (broad SMARTS) is 1. The number of hydrogen-bond acceptors (Lipinski definition) is 3. The zero-order valence-electron chi connectivity index (χ0n) is 10.9. The van der Waals surface area contributed by atoms with Gasteiger partial charge in [-0.15, -0.1) is 0 Å². The molecule has 1 aliphatic heterocycles. The molecule has 1 saturated heterocycles. The molecule has 0 aromatic heterocycles. The van der Waals surface area contributed by atoms with E-state index >= 15 is 0 Å². The SMILES string of the molecule is CC1(CNc2ccc(C(=O)O)c(Br)c2)CCOCC1. The van der Waals surface area contributed by atoms with E-state index < -0.39 is 5.97 Å². The van der Waals surface area contributed by atoms with Crippen LogP contribution in [0.3, 0.4) is 0 Å². The summed E-state index contributed by atoms with van der Waals surface area (Å²) < 4.78 is 5.98. The fourth-order valence-corrected chi connectivity index (χ4v) is 2.70. The van der Waals surface area contributed by atoms with Gasteiger partial charge in [0.1, 0.15) is 0 Å². The number of carboxylic acids is 1. The van der Waals surface area contributed by atoms with E-state index in [-0.39, 0.29) is 11.0 Å². The molecule has 0 amide bonds. The van der Waals surface area contributed by atoms with Crippen LogP contribution in [0.1, 0.15) is 30.1 Å². The monoisotopic (exact) mass is 327 g/mol. The summed E-state index contributed by atoms with van der Waals surface area (Å²) in [5.41, 5.74) is 1.46. The van der Waals surface area contributed by atoms with Gasteiger partial charge in [-0.1, -0.05) is 6.92 Å². The van der Waals surface area contributed by atoms with Crippen LogP contribution in [0, 0.1) is 5.41 Å². The van der Waals surface area contributed by atoms with Gasteiger partial charge in [0.15, 0.2) is 0 Å². The maximum absolute atomic E-state index is 10.9. The quantitative estimate of drug-likeness (QED) is 0.890. The average molecular weight is 328 g/mol. The maximum Gasteiger partial charge on any atom is 0.336 e. The van der Waals surface area contributed by atoms with Gasteiger partial charge >= 0.3 is 5.97 Å². The summed E-state index contributed by atoms with van der Waals surface area (Å²) in [7, 11) is 0. The lowest BCUT2D eigenvalue weighted by Gasteiger charge is -2.34. The largest absolute Gasteiger partial charge is 0.478 e. The van der Waals surface area contributed by atoms with Gasteiger partial charge in [-0.05, 0) is 52.4 Å². The Hall–Kier alpha value is -1.07. The fraction of sp³-hybridized carbons (Fsp3) is 0.500. The minimum Gasteiger partial charge on any atom is -0.478 e. The van der Waals surface area contributed by atoms with E-state index in [4.69, 9.17) is 9.84 Å². The minimum absolute atomic E-state index is 0.246. The Morgan fingerprint density at radius 2 is 2.16 bits per heavy atom. The fourth-order valence-electron chi connectivity index (χ4n) is 2.15.